The summed E-state index contributed by atoms with van der Waals surface area (Å²) >= 11 is 0. The zero-order chi connectivity index (χ0) is 20.7. The third-order valence-corrected chi connectivity index (χ3v) is 3.22. The maximum atomic E-state index is 13.9. The summed E-state index contributed by atoms with van der Waals surface area (Å²) in [6.45, 7) is -2.36. The van der Waals surface area contributed by atoms with Crippen LogP contribution < -0.4 is 0 Å². The largest absolute Gasteiger partial charge is 0.491 e. The van der Waals surface area contributed by atoms with E-state index < -0.39 is 37.2 Å². The number of carbonyl (C=O) groups is 2. The summed E-state index contributed by atoms with van der Waals surface area (Å²) in [7, 11) is 0. The topological polar surface area (TPSA) is 98.2 Å². The monoisotopic (exact) mass is 405 g/mol. The molecule has 0 saturated heterocycles. The molecule has 0 aliphatic carbocycles. The standard InChI is InChI=1S/C15H12F5N5O3/c16-1-2-25(7-12(26)28-14(27)15(18,19)20)6-9-3-10(5-11(17)4-9)13-23-21-8-22-24-13/h3-5,8H,1-2,6-7H2. The van der Waals surface area contributed by atoms with Gasteiger partial charge in [-0.05, 0) is 23.8 Å². The summed E-state index contributed by atoms with van der Waals surface area (Å²) in [5.41, 5.74) is 0.441. The zero-order valence-corrected chi connectivity index (χ0v) is 14.0. The fourth-order valence-electron chi connectivity index (χ4n) is 2.16. The van der Waals surface area contributed by atoms with Gasteiger partial charge in [-0.3, -0.25) is 9.69 Å². The minimum atomic E-state index is -5.34. The molecular weight excluding hydrogens is 393 g/mol. The van der Waals surface area contributed by atoms with E-state index in [1.54, 1.807) is 0 Å². The molecule has 1 aromatic carbocycles. The number of aromatic nitrogens is 4. The maximum absolute atomic E-state index is 13.9. The molecule has 0 atom stereocenters. The van der Waals surface area contributed by atoms with E-state index in [2.05, 4.69) is 25.1 Å². The molecule has 13 heteroatoms. The molecule has 1 aromatic heterocycles. The molecule has 0 bridgehead atoms. The molecule has 0 amide bonds. The molecule has 0 aliphatic heterocycles. The van der Waals surface area contributed by atoms with Crippen molar-refractivity contribution in [1.82, 2.24) is 25.3 Å². The van der Waals surface area contributed by atoms with Crippen LogP contribution in [0.5, 0.6) is 0 Å². The third-order valence-electron chi connectivity index (χ3n) is 3.22. The number of benzene rings is 1. The van der Waals surface area contributed by atoms with Crippen LogP contribution in [0, 0.1) is 5.82 Å². The highest BCUT2D eigenvalue weighted by molar-refractivity contribution is 5.89. The van der Waals surface area contributed by atoms with Crippen molar-refractivity contribution < 1.29 is 36.3 Å². The number of hydrogen-bond acceptors (Lipinski definition) is 8. The molecule has 0 spiro atoms. The first-order valence-corrected chi connectivity index (χ1v) is 7.59. The van der Waals surface area contributed by atoms with Gasteiger partial charge in [0.2, 0.25) is 5.82 Å². The summed E-state index contributed by atoms with van der Waals surface area (Å²) in [6.07, 6.45) is -4.27. The molecule has 1 heterocycles. The van der Waals surface area contributed by atoms with Crippen LogP contribution in [0.15, 0.2) is 24.5 Å². The van der Waals surface area contributed by atoms with Gasteiger partial charge in [-0.15, -0.1) is 20.4 Å². The van der Waals surface area contributed by atoms with E-state index >= 15 is 0 Å². The van der Waals surface area contributed by atoms with Crippen LogP contribution >= 0.6 is 0 Å². The Morgan fingerprint density at radius 2 is 1.79 bits per heavy atom. The van der Waals surface area contributed by atoms with Crippen molar-refractivity contribution in [2.75, 3.05) is 19.8 Å². The first kappa shape index (κ1) is 21.2. The predicted octanol–water partition coefficient (Wildman–Crippen LogP) is 1.48. The first-order valence-electron chi connectivity index (χ1n) is 7.59. The van der Waals surface area contributed by atoms with E-state index in [0.29, 0.717) is 0 Å². The molecule has 0 aliphatic rings. The van der Waals surface area contributed by atoms with Gasteiger partial charge in [0.15, 0.2) is 6.33 Å². The molecule has 0 fully saturated rings. The Hall–Kier alpha value is -3.09. The van der Waals surface area contributed by atoms with Gasteiger partial charge in [-0.1, -0.05) is 0 Å². The highest BCUT2D eigenvalue weighted by Crippen LogP contribution is 2.19. The Labute approximate surface area is 154 Å². The molecule has 0 radical (unpaired) electrons. The fraction of sp³-hybridized carbons (Fsp3) is 0.333. The van der Waals surface area contributed by atoms with Crippen LogP contribution in [-0.2, 0) is 20.9 Å². The van der Waals surface area contributed by atoms with Crippen LogP contribution in [0.2, 0.25) is 0 Å². The molecule has 0 saturated carbocycles. The van der Waals surface area contributed by atoms with Crippen molar-refractivity contribution >= 4 is 11.9 Å². The van der Waals surface area contributed by atoms with Crippen molar-refractivity contribution in [3.8, 4) is 11.4 Å². The van der Waals surface area contributed by atoms with Gasteiger partial charge in [-0.2, -0.15) is 13.2 Å². The van der Waals surface area contributed by atoms with E-state index in [0.717, 1.165) is 23.4 Å². The summed E-state index contributed by atoms with van der Waals surface area (Å²) < 4.78 is 66.6. The molecule has 2 rings (SSSR count). The average Bonchev–Trinajstić information content (AvgIpc) is 2.61. The van der Waals surface area contributed by atoms with Crippen molar-refractivity contribution in [1.29, 1.82) is 0 Å². The third kappa shape index (κ3) is 6.26. The quantitative estimate of drug-likeness (QED) is 0.388. The highest BCUT2D eigenvalue weighted by Gasteiger charge is 2.42. The Bertz CT molecular complexity index is 835. The van der Waals surface area contributed by atoms with Gasteiger partial charge >= 0.3 is 18.1 Å². The van der Waals surface area contributed by atoms with E-state index in [1.165, 1.54) is 6.07 Å². The number of halogens is 5. The number of esters is 2. The average molecular weight is 405 g/mol. The lowest BCUT2D eigenvalue weighted by Gasteiger charge is -2.20. The van der Waals surface area contributed by atoms with Crippen molar-refractivity contribution in [3.05, 3.63) is 35.9 Å². The summed E-state index contributed by atoms with van der Waals surface area (Å²) in [5.74, 6) is -4.88. The number of ether oxygens (including phenoxy) is 1. The van der Waals surface area contributed by atoms with E-state index in [4.69, 9.17) is 0 Å². The van der Waals surface area contributed by atoms with Gasteiger partial charge in [0.1, 0.15) is 12.5 Å². The van der Waals surface area contributed by atoms with E-state index in [9.17, 15) is 31.5 Å². The second-order valence-corrected chi connectivity index (χ2v) is 5.38. The molecule has 150 valence electrons. The van der Waals surface area contributed by atoms with E-state index in [1.807, 2.05) is 0 Å². The predicted molar refractivity (Wildman–Crippen MR) is 81.4 cm³/mol. The second kappa shape index (κ2) is 9.21. The fourth-order valence-corrected chi connectivity index (χ4v) is 2.16. The molecule has 28 heavy (non-hydrogen) atoms. The van der Waals surface area contributed by atoms with Crippen LogP contribution in [0.3, 0.4) is 0 Å². The van der Waals surface area contributed by atoms with Gasteiger partial charge in [0, 0.05) is 18.7 Å². The minimum Gasteiger partial charge on any atom is -0.385 e. The molecule has 8 nitrogen and oxygen atoms in total. The van der Waals surface area contributed by atoms with Gasteiger partial charge in [-0.25, -0.2) is 13.6 Å². The molecule has 2 aromatic rings. The highest BCUT2D eigenvalue weighted by atomic mass is 19.4. The SMILES string of the molecule is O=C(CN(CCF)Cc1cc(F)cc(-c2nncnn2)c1)OC(=O)C(F)(F)F. The molecule has 0 unspecified atom stereocenters. The second-order valence-electron chi connectivity index (χ2n) is 5.38. The summed E-state index contributed by atoms with van der Waals surface area (Å²) in [4.78, 5) is 23.2. The van der Waals surface area contributed by atoms with Crippen LogP contribution in [0.25, 0.3) is 11.4 Å². The normalized spacial score (nSPS) is 11.5. The lowest BCUT2D eigenvalue weighted by Crippen LogP contribution is -2.36. The molecule has 0 N–H and O–H groups in total. The lowest BCUT2D eigenvalue weighted by atomic mass is 10.1. The summed E-state index contributed by atoms with van der Waals surface area (Å²) in [5, 5.41) is 14.4. The van der Waals surface area contributed by atoms with Crippen LogP contribution in [0.1, 0.15) is 5.56 Å². The Balaban J connectivity index is 2.12. The summed E-state index contributed by atoms with van der Waals surface area (Å²) in [6, 6.07) is 3.59. The van der Waals surface area contributed by atoms with Gasteiger partial charge in [0.05, 0.1) is 6.54 Å². The van der Waals surface area contributed by atoms with E-state index in [-0.39, 0.29) is 30.0 Å². The van der Waals surface area contributed by atoms with Crippen LogP contribution in [-0.4, -0.2) is 63.2 Å². The number of hydrogen-bond donors (Lipinski definition) is 0. The molecular formula is C15H12F5N5O3. The maximum Gasteiger partial charge on any atom is 0.491 e. The van der Waals surface area contributed by atoms with Crippen molar-refractivity contribution in [2.24, 2.45) is 0 Å². The number of nitrogens with zero attached hydrogens (tertiary/aromatic N) is 5. The van der Waals surface area contributed by atoms with Crippen molar-refractivity contribution in [2.45, 2.75) is 12.7 Å². The smallest absolute Gasteiger partial charge is 0.385 e. The lowest BCUT2D eigenvalue weighted by molar-refractivity contribution is -0.202. The zero-order valence-electron chi connectivity index (χ0n) is 14.0. The minimum absolute atomic E-state index is 0.00970. The Morgan fingerprint density at radius 1 is 1.11 bits per heavy atom. The van der Waals surface area contributed by atoms with Crippen LogP contribution in [0.4, 0.5) is 22.0 Å². The van der Waals surface area contributed by atoms with Gasteiger partial charge in [0.25, 0.3) is 0 Å². The van der Waals surface area contributed by atoms with Gasteiger partial charge < -0.3 is 4.74 Å². The number of carbonyl (C=O) groups excluding carboxylic acids is 2. The number of alkyl halides is 4. The van der Waals surface area contributed by atoms with Crippen molar-refractivity contribution in [3.63, 3.8) is 0 Å². The first-order chi connectivity index (χ1) is 13.2. The number of rotatable bonds is 7. The Morgan fingerprint density at radius 3 is 2.39 bits per heavy atom. The Kier molecular flexibility index (Phi) is 6.98.